The van der Waals surface area contributed by atoms with Crippen LogP contribution in [0.15, 0.2) is 24.3 Å². The molecular formula is C16H23NO. The van der Waals surface area contributed by atoms with Gasteiger partial charge in [-0.15, -0.1) is 0 Å². The van der Waals surface area contributed by atoms with Gasteiger partial charge in [0.05, 0.1) is 0 Å². The molecule has 0 spiro atoms. The van der Waals surface area contributed by atoms with Crippen molar-refractivity contribution in [2.24, 2.45) is 5.92 Å². The first-order valence-corrected chi connectivity index (χ1v) is 6.99. The number of rotatable bonds is 4. The van der Waals surface area contributed by atoms with E-state index in [0.717, 1.165) is 31.5 Å². The number of carbonyl (C=O) groups is 1. The highest BCUT2D eigenvalue weighted by atomic mass is 16.1. The molecule has 0 unspecified atom stereocenters. The maximum atomic E-state index is 12.2. The molecule has 18 heavy (non-hydrogen) atoms. The monoisotopic (exact) mass is 245 g/mol. The van der Waals surface area contributed by atoms with Gasteiger partial charge in [-0.05, 0) is 43.0 Å². The molecule has 0 bridgehead atoms. The minimum absolute atomic E-state index is 0.274. The molecule has 1 aromatic rings. The molecule has 1 fully saturated rings. The maximum absolute atomic E-state index is 12.2. The van der Waals surface area contributed by atoms with Crippen LogP contribution in [0.2, 0.25) is 0 Å². The first kappa shape index (κ1) is 13.3. The largest absolute Gasteiger partial charge is 0.317 e. The molecule has 0 aromatic heterocycles. The molecule has 1 heterocycles. The molecule has 0 atom stereocenters. The van der Waals surface area contributed by atoms with Crippen LogP contribution in [0, 0.1) is 5.92 Å². The summed E-state index contributed by atoms with van der Waals surface area (Å²) >= 11 is 0. The van der Waals surface area contributed by atoms with E-state index in [9.17, 15) is 4.79 Å². The van der Waals surface area contributed by atoms with Crippen molar-refractivity contribution in [3.05, 3.63) is 35.4 Å². The van der Waals surface area contributed by atoms with Crippen molar-refractivity contribution in [3.63, 3.8) is 0 Å². The summed E-state index contributed by atoms with van der Waals surface area (Å²) in [6.07, 6.45) is 2.61. The van der Waals surface area contributed by atoms with Crippen LogP contribution >= 0.6 is 0 Å². The van der Waals surface area contributed by atoms with Crippen LogP contribution < -0.4 is 5.32 Å². The molecule has 0 saturated carbocycles. The molecule has 2 heteroatoms. The summed E-state index contributed by atoms with van der Waals surface area (Å²) < 4.78 is 0. The zero-order valence-electron chi connectivity index (χ0n) is 11.4. The second-order valence-electron chi connectivity index (χ2n) is 5.56. The third-order valence-electron chi connectivity index (χ3n) is 3.82. The quantitative estimate of drug-likeness (QED) is 0.883. The number of ketones is 1. The Hall–Kier alpha value is -1.15. The molecule has 1 N–H and O–H groups in total. The van der Waals surface area contributed by atoms with Crippen LogP contribution in [-0.4, -0.2) is 18.9 Å². The minimum atomic E-state index is 0.274. The normalized spacial score (nSPS) is 17.1. The Balaban J connectivity index is 1.94. The average molecular weight is 245 g/mol. The number of carbonyl (C=O) groups excluding carboxylic acids is 1. The molecule has 1 aromatic carbocycles. The molecule has 0 aliphatic carbocycles. The van der Waals surface area contributed by atoms with Gasteiger partial charge in [-0.25, -0.2) is 0 Å². The predicted octanol–water partition coefficient (Wildman–Crippen LogP) is 2.92. The Morgan fingerprint density at radius 3 is 2.39 bits per heavy atom. The Kier molecular flexibility index (Phi) is 4.54. The summed E-state index contributed by atoms with van der Waals surface area (Å²) in [5.41, 5.74) is 2.50. The van der Waals surface area contributed by atoms with Crippen molar-refractivity contribution in [1.82, 2.24) is 5.32 Å². The zero-order valence-corrected chi connectivity index (χ0v) is 11.4. The summed E-state index contributed by atoms with van der Waals surface area (Å²) in [5, 5.41) is 3.30. The first-order valence-electron chi connectivity index (χ1n) is 6.99. The van der Waals surface area contributed by atoms with E-state index in [4.69, 9.17) is 0 Å². The van der Waals surface area contributed by atoms with Gasteiger partial charge in [-0.1, -0.05) is 38.1 Å². The van der Waals surface area contributed by atoms with Crippen LogP contribution in [0.1, 0.15) is 43.7 Å². The number of hydrogen-bond acceptors (Lipinski definition) is 2. The van der Waals surface area contributed by atoms with E-state index in [-0.39, 0.29) is 5.92 Å². The summed E-state index contributed by atoms with van der Waals surface area (Å²) in [6, 6.07) is 8.51. The van der Waals surface area contributed by atoms with Gasteiger partial charge in [-0.3, -0.25) is 4.79 Å². The van der Waals surface area contributed by atoms with Crippen LogP contribution in [0.3, 0.4) is 0 Å². The van der Waals surface area contributed by atoms with Gasteiger partial charge in [0, 0.05) is 12.3 Å². The van der Waals surface area contributed by atoms with Gasteiger partial charge in [0.1, 0.15) is 5.78 Å². The van der Waals surface area contributed by atoms with E-state index in [0.29, 0.717) is 18.1 Å². The van der Waals surface area contributed by atoms with Crippen LogP contribution in [0.4, 0.5) is 0 Å². The molecule has 1 aliphatic heterocycles. The lowest BCUT2D eigenvalue weighted by atomic mass is 9.89. The van der Waals surface area contributed by atoms with Crippen molar-refractivity contribution in [2.75, 3.05) is 13.1 Å². The number of Topliss-reactive ketones (excluding diaryl/α,β-unsaturated/α-hetero) is 1. The Morgan fingerprint density at radius 2 is 1.83 bits per heavy atom. The van der Waals surface area contributed by atoms with Crippen LogP contribution in [0.5, 0.6) is 0 Å². The smallest absolute Gasteiger partial charge is 0.140 e. The van der Waals surface area contributed by atoms with E-state index in [1.54, 1.807) is 0 Å². The topological polar surface area (TPSA) is 29.1 Å². The van der Waals surface area contributed by atoms with Crippen molar-refractivity contribution in [3.8, 4) is 0 Å². The number of hydrogen-bond donors (Lipinski definition) is 1. The number of nitrogens with one attached hydrogen (secondary N) is 1. The van der Waals surface area contributed by atoms with Gasteiger partial charge in [0.2, 0.25) is 0 Å². The van der Waals surface area contributed by atoms with Crippen molar-refractivity contribution < 1.29 is 4.79 Å². The third kappa shape index (κ3) is 3.42. The molecule has 0 radical (unpaired) electrons. The lowest BCUT2D eigenvalue weighted by Gasteiger charge is -2.21. The lowest BCUT2D eigenvalue weighted by Crippen LogP contribution is -2.32. The van der Waals surface area contributed by atoms with Gasteiger partial charge in [-0.2, -0.15) is 0 Å². The average Bonchev–Trinajstić information content (AvgIpc) is 2.40. The fourth-order valence-electron chi connectivity index (χ4n) is 2.51. The van der Waals surface area contributed by atoms with Crippen molar-refractivity contribution in [1.29, 1.82) is 0 Å². The van der Waals surface area contributed by atoms with E-state index in [2.05, 4.69) is 43.4 Å². The van der Waals surface area contributed by atoms with E-state index < -0.39 is 0 Å². The highest BCUT2D eigenvalue weighted by Crippen LogP contribution is 2.18. The molecule has 0 amide bonds. The molecular weight excluding hydrogens is 222 g/mol. The van der Waals surface area contributed by atoms with E-state index in [1.807, 2.05) is 0 Å². The predicted molar refractivity (Wildman–Crippen MR) is 74.8 cm³/mol. The van der Waals surface area contributed by atoms with Crippen LogP contribution in [0.25, 0.3) is 0 Å². The van der Waals surface area contributed by atoms with Crippen LogP contribution in [-0.2, 0) is 11.2 Å². The van der Waals surface area contributed by atoms with Gasteiger partial charge >= 0.3 is 0 Å². The SMILES string of the molecule is CC(C)c1ccc(CC(=O)C2CCNCC2)cc1. The summed E-state index contributed by atoms with van der Waals surface area (Å²) in [5.74, 6) is 1.24. The number of benzene rings is 1. The molecule has 2 rings (SSSR count). The number of piperidine rings is 1. The molecule has 1 aliphatic rings. The summed E-state index contributed by atoms with van der Waals surface area (Å²) in [6.45, 7) is 6.36. The fourth-order valence-corrected chi connectivity index (χ4v) is 2.51. The second-order valence-corrected chi connectivity index (χ2v) is 5.56. The highest BCUT2D eigenvalue weighted by Gasteiger charge is 2.20. The second kappa shape index (κ2) is 6.14. The minimum Gasteiger partial charge on any atom is -0.317 e. The summed E-state index contributed by atoms with van der Waals surface area (Å²) in [7, 11) is 0. The highest BCUT2D eigenvalue weighted by molar-refractivity contribution is 5.83. The Bertz CT molecular complexity index is 388. The lowest BCUT2D eigenvalue weighted by molar-refractivity contribution is -0.122. The van der Waals surface area contributed by atoms with Gasteiger partial charge in [0.25, 0.3) is 0 Å². The summed E-state index contributed by atoms with van der Waals surface area (Å²) in [4.78, 5) is 12.2. The fraction of sp³-hybridized carbons (Fsp3) is 0.562. The third-order valence-corrected chi connectivity index (χ3v) is 3.82. The van der Waals surface area contributed by atoms with E-state index in [1.165, 1.54) is 5.56 Å². The standard InChI is InChI=1S/C16H23NO/c1-12(2)14-5-3-13(4-6-14)11-16(18)15-7-9-17-10-8-15/h3-6,12,15,17H,7-11H2,1-2H3. The molecule has 98 valence electrons. The van der Waals surface area contributed by atoms with Crippen molar-refractivity contribution >= 4 is 5.78 Å². The van der Waals surface area contributed by atoms with Gasteiger partial charge < -0.3 is 5.32 Å². The van der Waals surface area contributed by atoms with Crippen molar-refractivity contribution in [2.45, 2.75) is 39.0 Å². The maximum Gasteiger partial charge on any atom is 0.140 e. The Labute approximate surface area is 110 Å². The van der Waals surface area contributed by atoms with E-state index >= 15 is 0 Å². The molecule has 2 nitrogen and oxygen atoms in total. The molecule has 1 saturated heterocycles. The zero-order chi connectivity index (χ0) is 13.0. The van der Waals surface area contributed by atoms with Gasteiger partial charge in [0.15, 0.2) is 0 Å². The Morgan fingerprint density at radius 1 is 1.22 bits per heavy atom. The first-order chi connectivity index (χ1) is 8.66.